The summed E-state index contributed by atoms with van der Waals surface area (Å²) in [7, 11) is 0. The molecule has 4 aromatic rings. The molecule has 0 bridgehead atoms. The molecule has 4 heterocycles. The smallest absolute Gasteiger partial charge is 0.327 e. The largest absolute Gasteiger partial charge is 0.379 e. The highest BCUT2D eigenvalue weighted by molar-refractivity contribution is 5.77. The van der Waals surface area contributed by atoms with Gasteiger partial charge in [-0.3, -0.25) is 19.9 Å². The lowest BCUT2D eigenvalue weighted by atomic mass is 10.1. The molecule has 0 radical (unpaired) electrons. The lowest BCUT2D eigenvalue weighted by Crippen LogP contribution is -2.24. The first-order chi connectivity index (χ1) is 14.1. The van der Waals surface area contributed by atoms with E-state index in [1.807, 2.05) is 6.07 Å². The van der Waals surface area contributed by atoms with E-state index in [1.54, 1.807) is 16.8 Å². The topological polar surface area (TPSA) is 121 Å². The van der Waals surface area contributed by atoms with Gasteiger partial charge in [-0.2, -0.15) is 5.10 Å². The number of ether oxygens (including phenoxy) is 1. The van der Waals surface area contributed by atoms with Crippen LogP contribution in [0.1, 0.15) is 23.7 Å². The molecule has 9 nitrogen and oxygen atoms in total. The maximum Gasteiger partial charge on any atom is 0.327 e. The molecule has 1 fully saturated rings. The number of aromatic nitrogens is 6. The molecule has 5 rings (SSSR count). The van der Waals surface area contributed by atoms with Crippen molar-refractivity contribution in [2.75, 3.05) is 13.2 Å². The van der Waals surface area contributed by atoms with E-state index in [0.29, 0.717) is 37.4 Å². The molecule has 1 aliphatic rings. The molecule has 3 N–H and O–H groups in total. The lowest BCUT2D eigenvalue weighted by Gasteiger charge is -2.14. The third kappa shape index (κ3) is 3.07. The van der Waals surface area contributed by atoms with Crippen LogP contribution >= 0.6 is 0 Å². The Kier molecular flexibility index (Phi) is 4.13. The fraction of sp³-hybridized carbons (Fsp3) is 0.263. The first-order valence-electron chi connectivity index (χ1n) is 9.19. The van der Waals surface area contributed by atoms with Crippen LogP contribution in [0.5, 0.6) is 0 Å². The van der Waals surface area contributed by atoms with E-state index >= 15 is 0 Å². The van der Waals surface area contributed by atoms with Crippen LogP contribution in [0.2, 0.25) is 0 Å². The minimum absolute atomic E-state index is 0.0982. The average molecular weight is 396 g/mol. The van der Waals surface area contributed by atoms with Crippen LogP contribution < -0.4 is 11.2 Å². The van der Waals surface area contributed by atoms with Crippen LogP contribution in [0.15, 0.2) is 40.1 Å². The van der Waals surface area contributed by atoms with E-state index in [-0.39, 0.29) is 23.0 Å². The fourth-order valence-corrected chi connectivity index (χ4v) is 3.80. The Morgan fingerprint density at radius 2 is 2.17 bits per heavy atom. The van der Waals surface area contributed by atoms with Gasteiger partial charge in [0.15, 0.2) is 11.2 Å². The van der Waals surface area contributed by atoms with E-state index < -0.39 is 11.2 Å². The summed E-state index contributed by atoms with van der Waals surface area (Å²) < 4.78 is 20.9. The van der Waals surface area contributed by atoms with Crippen LogP contribution in [0.4, 0.5) is 4.39 Å². The van der Waals surface area contributed by atoms with Crippen molar-refractivity contribution in [1.29, 1.82) is 0 Å². The second-order valence-corrected chi connectivity index (χ2v) is 7.00. The Hall–Kier alpha value is -3.53. The van der Waals surface area contributed by atoms with Crippen molar-refractivity contribution >= 4 is 11.2 Å². The number of hydrogen-bond acceptors (Lipinski definition) is 5. The summed E-state index contributed by atoms with van der Waals surface area (Å²) in [5.41, 5.74) is 1.54. The number of H-pyrrole nitrogens is 3. The van der Waals surface area contributed by atoms with Crippen LogP contribution in [0, 0.1) is 5.82 Å². The van der Waals surface area contributed by atoms with Gasteiger partial charge in [0.25, 0.3) is 5.56 Å². The molecule has 1 unspecified atom stereocenters. The lowest BCUT2D eigenvalue weighted by molar-refractivity contribution is 0.187. The third-order valence-electron chi connectivity index (χ3n) is 5.09. The Balaban J connectivity index is 1.69. The van der Waals surface area contributed by atoms with Gasteiger partial charge in [0.1, 0.15) is 11.6 Å². The quantitative estimate of drug-likeness (QED) is 0.483. The van der Waals surface area contributed by atoms with Gasteiger partial charge in [-0.25, -0.2) is 14.2 Å². The summed E-state index contributed by atoms with van der Waals surface area (Å²) in [4.78, 5) is 33.7. The number of nitrogens with one attached hydrogen (secondary N) is 3. The fourth-order valence-electron chi connectivity index (χ4n) is 3.80. The number of hydrogen-bond donors (Lipinski definition) is 3. The van der Waals surface area contributed by atoms with Crippen LogP contribution in [0.3, 0.4) is 0 Å². The van der Waals surface area contributed by atoms with Crippen molar-refractivity contribution in [2.24, 2.45) is 0 Å². The average Bonchev–Trinajstić information content (AvgIpc) is 3.40. The van der Waals surface area contributed by atoms with Crippen molar-refractivity contribution < 1.29 is 9.13 Å². The van der Waals surface area contributed by atoms with Crippen molar-refractivity contribution in [3.05, 3.63) is 68.4 Å². The number of rotatable bonds is 4. The van der Waals surface area contributed by atoms with Crippen LogP contribution in [-0.2, 0) is 11.2 Å². The summed E-state index contributed by atoms with van der Waals surface area (Å²) in [5.74, 6) is 0.186. The Bertz CT molecular complexity index is 1310. The monoisotopic (exact) mass is 396 g/mol. The summed E-state index contributed by atoms with van der Waals surface area (Å²) in [5, 5.41) is 7.08. The molecule has 1 atom stereocenters. The van der Waals surface area contributed by atoms with Gasteiger partial charge >= 0.3 is 5.69 Å². The zero-order valence-electron chi connectivity index (χ0n) is 15.2. The van der Waals surface area contributed by atoms with Gasteiger partial charge in [0, 0.05) is 13.0 Å². The summed E-state index contributed by atoms with van der Waals surface area (Å²) >= 11 is 0. The van der Waals surface area contributed by atoms with Crippen molar-refractivity contribution in [1.82, 2.24) is 29.7 Å². The normalized spacial score (nSPS) is 16.7. The highest BCUT2D eigenvalue weighted by Crippen LogP contribution is 2.31. The number of nitrogens with zero attached hydrogens (tertiary/aromatic N) is 3. The molecule has 10 heteroatoms. The number of aromatic amines is 3. The summed E-state index contributed by atoms with van der Waals surface area (Å²) in [6.45, 7) is 1.01. The zero-order valence-corrected chi connectivity index (χ0v) is 15.2. The Morgan fingerprint density at radius 3 is 2.97 bits per heavy atom. The van der Waals surface area contributed by atoms with Gasteiger partial charge in [0.05, 0.1) is 30.1 Å². The summed E-state index contributed by atoms with van der Waals surface area (Å²) in [6.07, 6.45) is 2.74. The molecule has 3 aromatic heterocycles. The highest BCUT2D eigenvalue weighted by atomic mass is 19.1. The van der Waals surface area contributed by atoms with E-state index in [4.69, 9.17) is 4.74 Å². The maximum absolute atomic E-state index is 13.6. The number of benzene rings is 1. The number of imidazole rings is 1. The van der Waals surface area contributed by atoms with Crippen LogP contribution in [0.25, 0.3) is 22.6 Å². The predicted octanol–water partition coefficient (Wildman–Crippen LogP) is 1.49. The first-order valence-corrected chi connectivity index (χ1v) is 9.19. The summed E-state index contributed by atoms with van der Waals surface area (Å²) in [6, 6.07) is 6.22. The third-order valence-corrected chi connectivity index (χ3v) is 5.09. The van der Waals surface area contributed by atoms with Gasteiger partial charge in [-0.15, -0.1) is 0 Å². The first kappa shape index (κ1) is 17.6. The molecule has 0 aliphatic carbocycles. The Labute approximate surface area is 162 Å². The second kappa shape index (κ2) is 6.82. The number of halogens is 1. The minimum Gasteiger partial charge on any atom is -0.379 e. The molecule has 148 valence electrons. The Morgan fingerprint density at radius 1 is 1.28 bits per heavy atom. The highest BCUT2D eigenvalue weighted by Gasteiger charge is 2.27. The standard InChI is InChI=1S/C19H17FN6O3/c20-11-3-1-2-10(6-11)7-14-13(8-21-25-14)17-22-16-15(18(27)24-19(28)23-16)26(17)12-4-5-29-9-12/h1-3,6,8,12H,4-5,7,9H2,(H,21,25)(H2,23,24,27,28). The van der Waals surface area contributed by atoms with Gasteiger partial charge < -0.3 is 9.30 Å². The van der Waals surface area contributed by atoms with E-state index in [2.05, 4.69) is 25.1 Å². The van der Waals surface area contributed by atoms with E-state index in [1.165, 1.54) is 12.1 Å². The van der Waals surface area contributed by atoms with Crippen molar-refractivity contribution in [3.8, 4) is 11.4 Å². The second-order valence-electron chi connectivity index (χ2n) is 7.00. The number of fused-ring (bicyclic) bond motifs is 1. The van der Waals surface area contributed by atoms with E-state index in [9.17, 15) is 14.0 Å². The molecular weight excluding hydrogens is 379 g/mol. The van der Waals surface area contributed by atoms with Gasteiger partial charge in [-0.1, -0.05) is 12.1 Å². The van der Waals surface area contributed by atoms with Gasteiger partial charge in [0.2, 0.25) is 0 Å². The molecular formula is C19H17FN6O3. The van der Waals surface area contributed by atoms with Crippen molar-refractivity contribution in [2.45, 2.75) is 18.9 Å². The zero-order chi connectivity index (χ0) is 20.0. The molecule has 29 heavy (non-hydrogen) atoms. The predicted molar refractivity (Wildman–Crippen MR) is 102 cm³/mol. The van der Waals surface area contributed by atoms with E-state index in [0.717, 1.165) is 11.3 Å². The maximum atomic E-state index is 13.6. The minimum atomic E-state index is -0.617. The molecule has 0 spiro atoms. The molecule has 1 aromatic carbocycles. The molecule has 0 amide bonds. The molecule has 1 saturated heterocycles. The molecule has 0 saturated carbocycles. The van der Waals surface area contributed by atoms with Crippen LogP contribution in [-0.4, -0.2) is 42.9 Å². The van der Waals surface area contributed by atoms with Gasteiger partial charge in [-0.05, 0) is 24.1 Å². The van der Waals surface area contributed by atoms with Crippen molar-refractivity contribution in [3.63, 3.8) is 0 Å². The molecule has 1 aliphatic heterocycles. The SMILES string of the molecule is O=c1[nH]c(=O)c2c(nc(-c3cn[nH]c3Cc3cccc(F)c3)n2C2CCOC2)[nH]1.